The molecule has 0 spiro atoms. The predicted molar refractivity (Wildman–Crippen MR) is 120 cm³/mol. The van der Waals surface area contributed by atoms with Crippen LogP contribution in [0.3, 0.4) is 0 Å². The van der Waals surface area contributed by atoms with E-state index < -0.39 is 11.6 Å². The van der Waals surface area contributed by atoms with Crippen LogP contribution in [0.15, 0.2) is 24.3 Å². The number of piperidine rings is 1. The van der Waals surface area contributed by atoms with Gasteiger partial charge in [0.1, 0.15) is 11.6 Å². The highest BCUT2D eigenvalue weighted by Gasteiger charge is 2.38. The lowest BCUT2D eigenvalue weighted by Gasteiger charge is -2.38. The molecule has 7 nitrogen and oxygen atoms in total. The Morgan fingerprint density at radius 1 is 1.33 bits per heavy atom. The summed E-state index contributed by atoms with van der Waals surface area (Å²) in [6, 6.07) is 9.70. The van der Waals surface area contributed by atoms with Gasteiger partial charge in [-0.2, -0.15) is 5.26 Å². The quantitative estimate of drug-likeness (QED) is 0.647. The fraction of sp³-hybridized carbons (Fsp3) is 0.609. The molecule has 1 saturated heterocycles. The molecule has 2 heterocycles. The predicted octanol–water partition coefficient (Wildman–Crippen LogP) is 3.66. The Balaban J connectivity index is 1.74. The molecule has 1 aromatic carbocycles. The fourth-order valence-corrected chi connectivity index (χ4v) is 4.07. The number of anilines is 1. The molecule has 162 valence electrons. The van der Waals surface area contributed by atoms with E-state index in [4.69, 9.17) is 0 Å². The van der Waals surface area contributed by atoms with E-state index in [0.29, 0.717) is 25.2 Å². The molecule has 1 amide bonds. The molecule has 3 rings (SSSR count). The maximum atomic E-state index is 13.3. The highest BCUT2D eigenvalue weighted by atomic mass is 16.2. The molecule has 0 bridgehead atoms. The molecule has 2 aromatic rings. The van der Waals surface area contributed by atoms with Crippen molar-refractivity contribution in [3.63, 3.8) is 0 Å². The molecule has 1 aromatic heterocycles. The number of aromatic amines is 1. The maximum absolute atomic E-state index is 13.3. The van der Waals surface area contributed by atoms with Gasteiger partial charge < -0.3 is 20.5 Å². The Hall–Kier alpha value is -2.59. The van der Waals surface area contributed by atoms with Crippen LogP contribution in [0.25, 0.3) is 11.0 Å². The summed E-state index contributed by atoms with van der Waals surface area (Å²) in [5.74, 6) is 0.431. The number of hydrogen-bond acceptors (Lipinski definition) is 5. The minimum Gasteiger partial charge on any atom is -0.344 e. The number of likely N-dealkylation sites (tertiary alicyclic amines) is 1. The second-order valence-electron chi connectivity index (χ2n) is 9.59. The van der Waals surface area contributed by atoms with Crippen LogP contribution >= 0.6 is 0 Å². The molecule has 0 saturated carbocycles. The molecule has 7 heteroatoms. The third kappa shape index (κ3) is 5.51. The number of benzene rings is 1. The number of carbonyl (C=O) groups is 1. The number of imidazole rings is 1. The van der Waals surface area contributed by atoms with E-state index in [1.165, 1.54) is 0 Å². The number of fused-ring (bicyclic) bond motifs is 1. The van der Waals surface area contributed by atoms with Gasteiger partial charge in [0.2, 0.25) is 11.9 Å². The van der Waals surface area contributed by atoms with Gasteiger partial charge >= 0.3 is 0 Å². The number of nitriles is 1. The monoisotopic (exact) mass is 410 g/mol. The summed E-state index contributed by atoms with van der Waals surface area (Å²) < 4.78 is 0. The zero-order chi connectivity index (χ0) is 21.8. The first-order chi connectivity index (χ1) is 14.2. The molecular weight excluding hydrogens is 376 g/mol. The largest absolute Gasteiger partial charge is 0.344 e. The minimum absolute atomic E-state index is 0.0642. The third-order valence-electron chi connectivity index (χ3n) is 5.66. The van der Waals surface area contributed by atoms with Crippen LogP contribution < -0.4 is 10.6 Å². The van der Waals surface area contributed by atoms with E-state index in [1.54, 1.807) is 0 Å². The van der Waals surface area contributed by atoms with Gasteiger partial charge in [-0.05, 0) is 49.8 Å². The Kier molecular flexibility index (Phi) is 6.67. The van der Waals surface area contributed by atoms with Gasteiger partial charge in [0.25, 0.3) is 0 Å². The molecule has 3 N–H and O–H groups in total. The van der Waals surface area contributed by atoms with E-state index in [2.05, 4.69) is 59.3 Å². The van der Waals surface area contributed by atoms with Crippen molar-refractivity contribution >= 4 is 22.9 Å². The average molecular weight is 411 g/mol. The molecule has 30 heavy (non-hydrogen) atoms. The average Bonchev–Trinajstić information content (AvgIpc) is 3.10. The standard InChI is InChI=1S/C23H34N6O/c1-5-12-29-13-10-23(16-24,11-14-29)28-20(30)19(15-22(2,3)4)27-21-25-17-8-6-7-9-18(17)26-21/h6-9,19H,5,10-15H2,1-4H3,(H,28,30)(H2,25,26,27). The maximum Gasteiger partial charge on any atom is 0.243 e. The number of hydrogen-bond donors (Lipinski definition) is 3. The lowest BCUT2D eigenvalue weighted by molar-refractivity contribution is -0.124. The minimum atomic E-state index is -0.799. The number of nitrogens with zero attached hydrogens (tertiary/aromatic N) is 3. The zero-order valence-electron chi connectivity index (χ0n) is 18.6. The molecule has 1 unspecified atom stereocenters. The lowest BCUT2D eigenvalue weighted by Crippen LogP contribution is -2.57. The number of H-pyrrole nitrogens is 1. The lowest BCUT2D eigenvalue weighted by atomic mass is 9.85. The van der Waals surface area contributed by atoms with Crippen molar-refractivity contribution in [3.05, 3.63) is 24.3 Å². The van der Waals surface area contributed by atoms with Crippen LogP contribution in [0.2, 0.25) is 0 Å². The van der Waals surface area contributed by atoms with E-state index in [-0.39, 0.29) is 11.3 Å². The number of nitrogens with one attached hydrogen (secondary N) is 3. The highest BCUT2D eigenvalue weighted by Crippen LogP contribution is 2.26. The van der Waals surface area contributed by atoms with Gasteiger partial charge in [0.05, 0.1) is 17.1 Å². The van der Waals surface area contributed by atoms with E-state index >= 15 is 0 Å². The van der Waals surface area contributed by atoms with Crippen molar-refractivity contribution in [2.45, 2.75) is 65.0 Å². The van der Waals surface area contributed by atoms with E-state index in [9.17, 15) is 10.1 Å². The van der Waals surface area contributed by atoms with Gasteiger partial charge in [0.15, 0.2) is 0 Å². The van der Waals surface area contributed by atoms with Gasteiger partial charge in [-0.3, -0.25) is 4.79 Å². The first-order valence-corrected chi connectivity index (χ1v) is 10.9. The van der Waals surface area contributed by atoms with Gasteiger partial charge in [0, 0.05) is 13.1 Å². The Labute approximate surface area is 179 Å². The van der Waals surface area contributed by atoms with Crippen LogP contribution in [0.4, 0.5) is 5.95 Å². The number of rotatable bonds is 7. The van der Waals surface area contributed by atoms with Gasteiger partial charge in [-0.25, -0.2) is 4.98 Å². The molecular formula is C23H34N6O. The van der Waals surface area contributed by atoms with E-state index in [1.807, 2.05) is 24.3 Å². The van der Waals surface area contributed by atoms with Crippen LogP contribution in [-0.2, 0) is 4.79 Å². The molecule has 1 atom stereocenters. The molecule has 1 aliphatic heterocycles. The highest BCUT2D eigenvalue weighted by molar-refractivity contribution is 5.86. The summed E-state index contributed by atoms with van der Waals surface area (Å²) in [6.07, 6.45) is 3.03. The van der Waals surface area contributed by atoms with E-state index in [0.717, 1.165) is 37.1 Å². The number of aromatic nitrogens is 2. The van der Waals surface area contributed by atoms with Crippen molar-refractivity contribution < 1.29 is 4.79 Å². The third-order valence-corrected chi connectivity index (χ3v) is 5.66. The van der Waals surface area contributed by atoms with Crippen molar-refractivity contribution in [2.75, 3.05) is 25.0 Å². The Bertz CT molecular complexity index is 865. The summed E-state index contributed by atoms with van der Waals surface area (Å²) in [7, 11) is 0. The number of amides is 1. The van der Waals surface area contributed by atoms with Crippen LogP contribution in [0, 0.1) is 16.7 Å². The first-order valence-electron chi connectivity index (χ1n) is 10.9. The Morgan fingerprint density at radius 3 is 2.63 bits per heavy atom. The second kappa shape index (κ2) is 9.05. The number of para-hydroxylation sites is 2. The van der Waals surface area contributed by atoms with Gasteiger partial charge in [-0.15, -0.1) is 0 Å². The van der Waals surface area contributed by atoms with Crippen LogP contribution in [-0.4, -0.2) is 52.0 Å². The summed E-state index contributed by atoms with van der Waals surface area (Å²) >= 11 is 0. The van der Waals surface area contributed by atoms with Crippen molar-refractivity contribution in [3.8, 4) is 6.07 Å². The van der Waals surface area contributed by atoms with Crippen molar-refractivity contribution in [2.24, 2.45) is 5.41 Å². The first kappa shape index (κ1) is 22.1. The smallest absolute Gasteiger partial charge is 0.243 e. The normalized spacial score (nSPS) is 18.0. The molecule has 0 aliphatic carbocycles. The molecule has 0 radical (unpaired) electrons. The number of carbonyl (C=O) groups excluding carboxylic acids is 1. The fourth-order valence-electron chi connectivity index (χ4n) is 4.07. The SMILES string of the molecule is CCCN1CCC(C#N)(NC(=O)C(CC(C)(C)C)Nc2nc3ccccc3[nH]2)CC1. The summed E-state index contributed by atoms with van der Waals surface area (Å²) in [4.78, 5) is 23.5. The molecule has 1 fully saturated rings. The zero-order valence-corrected chi connectivity index (χ0v) is 18.6. The second-order valence-corrected chi connectivity index (χ2v) is 9.59. The summed E-state index contributed by atoms with van der Waals surface area (Å²) in [5, 5.41) is 16.3. The topological polar surface area (TPSA) is 96.8 Å². The summed E-state index contributed by atoms with van der Waals surface area (Å²) in [5.41, 5.74) is 0.914. The van der Waals surface area contributed by atoms with Crippen LogP contribution in [0.5, 0.6) is 0 Å². The van der Waals surface area contributed by atoms with Crippen molar-refractivity contribution in [1.82, 2.24) is 20.2 Å². The van der Waals surface area contributed by atoms with Crippen molar-refractivity contribution in [1.29, 1.82) is 5.26 Å². The van der Waals surface area contributed by atoms with Gasteiger partial charge in [-0.1, -0.05) is 39.8 Å². The summed E-state index contributed by atoms with van der Waals surface area (Å²) in [6.45, 7) is 11.2. The van der Waals surface area contributed by atoms with Crippen LogP contribution in [0.1, 0.15) is 53.4 Å². The molecule has 1 aliphatic rings. The Morgan fingerprint density at radius 2 is 2.03 bits per heavy atom.